The molecule has 2 heterocycles. The molecule has 0 spiro atoms. The van der Waals surface area contributed by atoms with E-state index in [1.54, 1.807) is 0 Å². The van der Waals surface area contributed by atoms with E-state index in [1.165, 1.54) is 28.1 Å². The predicted octanol–water partition coefficient (Wildman–Crippen LogP) is 3.36. The molecule has 24 heavy (non-hydrogen) atoms. The molecular formula is C20H21ClN3+. The van der Waals surface area contributed by atoms with Gasteiger partial charge in [-0.2, -0.15) is 5.10 Å². The largest absolute Gasteiger partial charge is 0.316 e. The monoisotopic (exact) mass is 338 g/mol. The lowest BCUT2D eigenvalue weighted by Crippen LogP contribution is -2.41. The normalized spacial score (nSPS) is 14.2. The van der Waals surface area contributed by atoms with Crippen LogP contribution in [0.2, 0.25) is 5.02 Å². The van der Waals surface area contributed by atoms with Crippen molar-refractivity contribution >= 4 is 11.6 Å². The molecule has 1 aromatic heterocycles. The number of H-pyrrole nitrogens is 1. The van der Waals surface area contributed by atoms with Gasteiger partial charge >= 0.3 is 0 Å². The van der Waals surface area contributed by atoms with E-state index >= 15 is 0 Å². The van der Waals surface area contributed by atoms with Gasteiger partial charge in [-0.25, -0.2) is 0 Å². The van der Waals surface area contributed by atoms with E-state index in [4.69, 9.17) is 11.6 Å². The van der Waals surface area contributed by atoms with Crippen molar-refractivity contribution in [2.24, 2.45) is 0 Å². The van der Waals surface area contributed by atoms with Crippen LogP contribution in [0.25, 0.3) is 11.3 Å². The first-order valence-corrected chi connectivity index (χ1v) is 8.83. The zero-order valence-electron chi connectivity index (χ0n) is 13.6. The van der Waals surface area contributed by atoms with Crippen LogP contribution < -0.4 is 10.00 Å². The molecule has 2 aromatic carbocycles. The minimum Gasteiger partial charge on any atom is -0.316 e. The van der Waals surface area contributed by atoms with Crippen molar-refractivity contribution in [3.8, 4) is 11.3 Å². The molecule has 0 aliphatic carbocycles. The van der Waals surface area contributed by atoms with Crippen LogP contribution in [0.15, 0.2) is 54.6 Å². The number of rotatable bonds is 3. The van der Waals surface area contributed by atoms with Gasteiger partial charge in [-0.3, -0.25) is 0 Å². The number of benzene rings is 2. The van der Waals surface area contributed by atoms with Crippen LogP contribution in [0, 0.1) is 0 Å². The smallest absolute Gasteiger partial charge is 0.213 e. The summed E-state index contributed by atoms with van der Waals surface area (Å²) in [6.45, 7) is 2.92. The summed E-state index contributed by atoms with van der Waals surface area (Å²) < 4.78 is 2.31. The van der Waals surface area contributed by atoms with Gasteiger partial charge in [-0.15, -0.1) is 4.68 Å². The Bertz CT molecular complexity index is 822. The fourth-order valence-electron chi connectivity index (χ4n) is 3.43. The Balaban J connectivity index is 1.78. The number of nitrogens with one attached hydrogen (secondary N) is 2. The lowest BCUT2D eigenvalue weighted by molar-refractivity contribution is -0.748. The molecule has 3 aromatic rings. The molecule has 0 radical (unpaired) electrons. The van der Waals surface area contributed by atoms with Crippen molar-refractivity contribution in [1.29, 1.82) is 0 Å². The molecule has 122 valence electrons. The molecule has 0 amide bonds. The highest BCUT2D eigenvalue weighted by Crippen LogP contribution is 2.26. The average molecular weight is 339 g/mol. The summed E-state index contributed by atoms with van der Waals surface area (Å²) >= 11 is 6.06. The van der Waals surface area contributed by atoms with Crippen LogP contribution in [-0.4, -0.2) is 18.2 Å². The van der Waals surface area contributed by atoms with Crippen molar-refractivity contribution in [2.75, 3.05) is 13.1 Å². The van der Waals surface area contributed by atoms with E-state index in [0.29, 0.717) is 0 Å². The average Bonchev–Trinajstić information content (AvgIpc) is 2.79. The molecule has 1 aliphatic rings. The van der Waals surface area contributed by atoms with Crippen LogP contribution in [0.3, 0.4) is 0 Å². The molecule has 0 fully saturated rings. The highest BCUT2D eigenvalue weighted by Gasteiger charge is 2.26. The Morgan fingerprint density at radius 2 is 1.67 bits per heavy atom. The summed E-state index contributed by atoms with van der Waals surface area (Å²) in [4.78, 5) is 0. The Kier molecular flexibility index (Phi) is 4.37. The molecule has 0 atom stereocenters. The molecule has 4 heteroatoms. The standard InChI is InChI=1S/C20H20ClN3/c21-17-8-6-16(7-9-17)20-18-10-12-22-13-11-19(18)24(23-20)14-15-4-2-1-3-5-15/h1-9,22H,10-14H2/p+1. The third-order valence-electron chi connectivity index (χ3n) is 4.63. The topological polar surface area (TPSA) is 31.7 Å². The second kappa shape index (κ2) is 6.80. The quantitative estimate of drug-likeness (QED) is 0.705. The molecule has 0 unspecified atom stereocenters. The van der Waals surface area contributed by atoms with E-state index in [1.807, 2.05) is 12.1 Å². The van der Waals surface area contributed by atoms with Gasteiger partial charge in [0.15, 0.2) is 6.54 Å². The minimum absolute atomic E-state index is 0.773. The third kappa shape index (κ3) is 3.10. The SMILES string of the molecule is Clc1ccc(-c2[nH][n+](Cc3ccccc3)c3c2CCNCC3)cc1. The van der Waals surface area contributed by atoms with Crippen LogP contribution in [0.1, 0.15) is 16.8 Å². The number of hydrogen-bond acceptors (Lipinski definition) is 1. The summed E-state index contributed by atoms with van der Waals surface area (Å²) in [6, 6.07) is 18.7. The summed E-state index contributed by atoms with van der Waals surface area (Å²) in [5, 5.41) is 7.93. The first-order valence-electron chi connectivity index (χ1n) is 8.45. The van der Waals surface area contributed by atoms with Gasteiger partial charge in [-0.05, 0) is 25.1 Å². The van der Waals surface area contributed by atoms with Gasteiger partial charge in [0.25, 0.3) is 0 Å². The summed E-state index contributed by atoms with van der Waals surface area (Å²) in [5.41, 5.74) is 6.57. The highest BCUT2D eigenvalue weighted by molar-refractivity contribution is 6.30. The fourth-order valence-corrected chi connectivity index (χ4v) is 3.56. The van der Waals surface area contributed by atoms with E-state index < -0.39 is 0 Å². The zero-order chi connectivity index (χ0) is 16.4. The van der Waals surface area contributed by atoms with E-state index in [-0.39, 0.29) is 0 Å². The summed E-state index contributed by atoms with van der Waals surface area (Å²) in [5.74, 6) is 0. The highest BCUT2D eigenvalue weighted by atomic mass is 35.5. The number of fused-ring (bicyclic) bond motifs is 1. The number of aromatic amines is 1. The second-order valence-electron chi connectivity index (χ2n) is 6.24. The molecule has 3 nitrogen and oxygen atoms in total. The van der Waals surface area contributed by atoms with Crippen molar-refractivity contribution in [3.05, 3.63) is 76.4 Å². The Labute approximate surface area is 147 Å². The fraction of sp³-hybridized carbons (Fsp3) is 0.250. The number of nitrogens with zero attached hydrogens (tertiary/aromatic N) is 1. The lowest BCUT2D eigenvalue weighted by atomic mass is 10.0. The third-order valence-corrected chi connectivity index (χ3v) is 4.88. The maximum atomic E-state index is 6.06. The maximum absolute atomic E-state index is 6.06. The molecule has 2 N–H and O–H groups in total. The van der Waals surface area contributed by atoms with Crippen molar-refractivity contribution in [3.63, 3.8) is 0 Å². The second-order valence-corrected chi connectivity index (χ2v) is 6.68. The van der Waals surface area contributed by atoms with Crippen LogP contribution >= 0.6 is 11.6 Å². The Morgan fingerprint density at radius 1 is 0.917 bits per heavy atom. The van der Waals surface area contributed by atoms with E-state index in [9.17, 15) is 0 Å². The van der Waals surface area contributed by atoms with Crippen molar-refractivity contribution in [1.82, 2.24) is 10.4 Å². The summed E-state index contributed by atoms with van der Waals surface area (Å²) in [7, 11) is 0. The first kappa shape index (κ1) is 15.4. The predicted molar refractivity (Wildman–Crippen MR) is 97.3 cm³/mol. The van der Waals surface area contributed by atoms with Crippen molar-refractivity contribution in [2.45, 2.75) is 19.4 Å². The number of aromatic nitrogens is 2. The lowest BCUT2D eigenvalue weighted by Gasteiger charge is -2.01. The van der Waals surface area contributed by atoms with Crippen LogP contribution in [0.4, 0.5) is 0 Å². The van der Waals surface area contributed by atoms with E-state index in [2.05, 4.69) is 57.6 Å². The zero-order valence-corrected chi connectivity index (χ0v) is 14.3. The van der Waals surface area contributed by atoms with Gasteiger partial charge in [0, 0.05) is 29.1 Å². The Morgan fingerprint density at radius 3 is 2.46 bits per heavy atom. The molecular weight excluding hydrogens is 318 g/mol. The van der Waals surface area contributed by atoms with Crippen LogP contribution in [0.5, 0.6) is 0 Å². The van der Waals surface area contributed by atoms with E-state index in [0.717, 1.165) is 37.5 Å². The minimum atomic E-state index is 0.773. The van der Waals surface area contributed by atoms with Crippen LogP contribution in [-0.2, 0) is 19.4 Å². The summed E-state index contributed by atoms with van der Waals surface area (Å²) in [6.07, 6.45) is 2.10. The van der Waals surface area contributed by atoms with Gasteiger partial charge in [0.1, 0.15) is 5.69 Å². The first-order chi connectivity index (χ1) is 11.8. The maximum Gasteiger partial charge on any atom is 0.213 e. The molecule has 0 bridgehead atoms. The number of hydrogen-bond donors (Lipinski definition) is 2. The molecule has 4 rings (SSSR count). The van der Waals surface area contributed by atoms with Gasteiger partial charge < -0.3 is 5.32 Å². The van der Waals surface area contributed by atoms with Gasteiger partial charge in [0.05, 0.1) is 5.56 Å². The molecule has 0 saturated carbocycles. The number of halogens is 1. The molecule has 0 saturated heterocycles. The van der Waals surface area contributed by atoms with Gasteiger partial charge in [0.2, 0.25) is 5.69 Å². The Hall–Kier alpha value is -2.10. The molecule has 1 aliphatic heterocycles. The van der Waals surface area contributed by atoms with Crippen molar-refractivity contribution < 1.29 is 4.68 Å². The van der Waals surface area contributed by atoms with Gasteiger partial charge in [-0.1, -0.05) is 54.1 Å².